The van der Waals surface area contributed by atoms with E-state index in [0.29, 0.717) is 18.4 Å². The van der Waals surface area contributed by atoms with Crippen LogP contribution in [-0.4, -0.2) is 25.3 Å². The maximum absolute atomic E-state index is 13.3. The van der Waals surface area contributed by atoms with E-state index in [9.17, 15) is 26.0 Å². The summed E-state index contributed by atoms with van der Waals surface area (Å²) in [5.74, 6) is -1.71. The van der Waals surface area contributed by atoms with Crippen molar-refractivity contribution in [2.45, 2.75) is 70.4 Å². The normalized spacial score (nSPS) is 13.0. The third kappa shape index (κ3) is 7.93. The van der Waals surface area contributed by atoms with Gasteiger partial charge in [-0.2, -0.15) is 0 Å². The van der Waals surface area contributed by atoms with Crippen LogP contribution >= 0.6 is 0 Å². The predicted octanol–water partition coefficient (Wildman–Crippen LogP) is 5.43. The summed E-state index contributed by atoms with van der Waals surface area (Å²) >= 11 is 0. The molecule has 3 nitrogen and oxygen atoms in total. The Morgan fingerprint density at radius 3 is 2.12 bits per heavy atom. The summed E-state index contributed by atoms with van der Waals surface area (Å²) in [4.78, 5) is 0. The molecule has 0 saturated heterocycles. The number of ether oxygens (including phenoxy) is 1. The first-order valence-electron chi connectivity index (χ1n) is 8.58. The van der Waals surface area contributed by atoms with Gasteiger partial charge in [0.05, 0.1) is 10.5 Å². The molecule has 8 heteroatoms. The highest BCUT2D eigenvalue weighted by Crippen LogP contribution is 2.27. The van der Waals surface area contributed by atoms with Crippen LogP contribution in [0.3, 0.4) is 0 Å². The van der Waals surface area contributed by atoms with E-state index >= 15 is 0 Å². The molecule has 26 heavy (non-hydrogen) atoms. The predicted molar refractivity (Wildman–Crippen MR) is 93.4 cm³/mol. The van der Waals surface area contributed by atoms with Crippen molar-refractivity contribution < 1.29 is 30.7 Å². The number of hydrogen-bond donors (Lipinski definition) is 0. The zero-order valence-electron chi connectivity index (χ0n) is 15.3. The Balaban J connectivity index is 2.33. The zero-order valence-corrected chi connectivity index (χ0v) is 16.1. The van der Waals surface area contributed by atoms with Gasteiger partial charge in [-0.15, -0.1) is 13.2 Å². The van der Waals surface area contributed by atoms with Crippen LogP contribution in [0.15, 0.2) is 18.2 Å². The van der Waals surface area contributed by atoms with Gasteiger partial charge in [0, 0.05) is 0 Å². The fourth-order valence-corrected chi connectivity index (χ4v) is 3.56. The number of benzene rings is 1. The first kappa shape index (κ1) is 22.7. The summed E-state index contributed by atoms with van der Waals surface area (Å²) < 4.78 is 76.8. The van der Waals surface area contributed by atoms with Crippen molar-refractivity contribution in [3.63, 3.8) is 0 Å². The summed E-state index contributed by atoms with van der Waals surface area (Å²) in [5.41, 5.74) is 0.570. The monoisotopic (exact) mass is 398 g/mol. The third-order valence-electron chi connectivity index (χ3n) is 4.03. The van der Waals surface area contributed by atoms with Gasteiger partial charge in [0.25, 0.3) is 0 Å². The first-order valence-corrected chi connectivity index (χ1v) is 10.2. The molecule has 0 fully saturated rings. The Kier molecular flexibility index (Phi) is 7.92. The van der Waals surface area contributed by atoms with Crippen LogP contribution in [0.2, 0.25) is 0 Å². The summed E-state index contributed by atoms with van der Waals surface area (Å²) in [7, 11) is -3.10. The number of alkyl halides is 3. The van der Waals surface area contributed by atoms with E-state index in [4.69, 9.17) is 0 Å². The number of rotatable bonds is 9. The van der Waals surface area contributed by atoms with Crippen LogP contribution in [0.4, 0.5) is 17.6 Å². The lowest BCUT2D eigenvalue weighted by atomic mass is 10.1. The lowest BCUT2D eigenvalue weighted by molar-refractivity contribution is -0.275. The highest BCUT2D eigenvalue weighted by atomic mass is 32.2. The maximum Gasteiger partial charge on any atom is 0.573 e. The van der Waals surface area contributed by atoms with E-state index in [2.05, 4.69) is 4.74 Å². The lowest BCUT2D eigenvalue weighted by Crippen LogP contribution is -2.30. The third-order valence-corrected chi connectivity index (χ3v) is 6.72. The second kappa shape index (κ2) is 9.06. The molecule has 0 saturated carbocycles. The molecule has 0 N–H and O–H groups in total. The molecule has 1 aromatic rings. The Hall–Kier alpha value is -1.31. The molecule has 1 rings (SSSR count). The second-order valence-corrected chi connectivity index (χ2v) is 10.1. The number of aryl methyl sites for hydroxylation is 1. The lowest BCUT2D eigenvalue weighted by Gasteiger charge is -2.18. The van der Waals surface area contributed by atoms with Crippen LogP contribution in [0, 0.1) is 5.82 Å². The molecular weight excluding hydrogens is 372 g/mol. The quantitative estimate of drug-likeness (QED) is 0.411. The standard InChI is InChI=1S/C18H26F4O3S/c1-17(2,3)26(23,24)12-8-6-4-5-7-9-14-10-11-15(19)16(13-14)25-18(20,21)22/h10-11,13H,4-9,12H2,1-3H3. The van der Waals surface area contributed by atoms with Crippen molar-refractivity contribution >= 4 is 9.84 Å². The molecule has 0 bridgehead atoms. The Bertz CT molecular complexity index is 677. The van der Waals surface area contributed by atoms with E-state index in [1.165, 1.54) is 6.07 Å². The van der Waals surface area contributed by atoms with E-state index in [1.807, 2.05) is 0 Å². The van der Waals surface area contributed by atoms with E-state index in [-0.39, 0.29) is 5.75 Å². The molecule has 0 heterocycles. The minimum Gasteiger partial charge on any atom is -0.403 e. The number of hydrogen-bond acceptors (Lipinski definition) is 3. The molecule has 0 aliphatic carbocycles. The van der Waals surface area contributed by atoms with Gasteiger partial charge in [0.1, 0.15) is 0 Å². The highest BCUT2D eigenvalue weighted by molar-refractivity contribution is 7.92. The van der Waals surface area contributed by atoms with Crippen molar-refractivity contribution in [3.8, 4) is 5.75 Å². The molecule has 0 spiro atoms. The van der Waals surface area contributed by atoms with Gasteiger partial charge in [0.15, 0.2) is 21.4 Å². The molecule has 0 aliphatic heterocycles. The van der Waals surface area contributed by atoms with Crippen LogP contribution < -0.4 is 4.74 Å². The van der Waals surface area contributed by atoms with Crippen molar-refractivity contribution in [2.75, 3.05) is 5.75 Å². The fraction of sp³-hybridized carbons (Fsp3) is 0.667. The molecule has 0 atom stereocenters. The van der Waals surface area contributed by atoms with Crippen molar-refractivity contribution in [2.24, 2.45) is 0 Å². The van der Waals surface area contributed by atoms with Crippen LogP contribution in [0.5, 0.6) is 5.75 Å². The van der Waals surface area contributed by atoms with E-state index < -0.39 is 32.5 Å². The van der Waals surface area contributed by atoms with Gasteiger partial charge in [-0.3, -0.25) is 0 Å². The van der Waals surface area contributed by atoms with Gasteiger partial charge in [0.2, 0.25) is 0 Å². The SMILES string of the molecule is CC(C)(C)S(=O)(=O)CCCCCCCc1ccc(F)c(OC(F)(F)F)c1. The maximum atomic E-state index is 13.3. The molecule has 0 radical (unpaired) electrons. The molecule has 0 amide bonds. The second-order valence-electron chi connectivity index (χ2n) is 7.26. The fourth-order valence-electron chi connectivity index (χ4n) is 2.36. The van der Waals surface area contributed by atoms with Crippen LogP contribution in [0.1, 0.15) is 58.4 Å². The minimum atomic E-state index is -4.92. The summed E-state index contributed by atoms with van der Waals surface area (Å²) in [6, 6.07) is 3.47. The number of halogens is 4. The van der Waals surface area contributed by atoms with E-state index in [0.717, 1.165) is 37.8 Å². The van der Waals surface area contributed by atoms with Gasteiger partial charge in [-0.1, -0.05) is 25.3 Å². The summed E-state index contributed by atoms with van der Waals surface area (Å²) in [6.07, 6.45) is -0.652. The highest BCUT2D eigenvalue weighted by Gasteiger charge is 2.32. The Labute approximate surface area is 152 Å². The molecular formula is C18H26F4O3S. The number of sulfone groups is 1. The first-order chi connectivity index (χ1) is 11.8. The molecule has 1 aromatic carbocycles. The molecule has 0 unspecified atom stereocenters. The van der Waals surface area contributed by atoms with Crippen molar-refractivity contribution in [1.82, 2.24) is 0 Å². The topological polar surface area (TPSA) is 43.4 Å². The molecule has 0 aromatic heterocycles. The van der Waals surface area contributed by atoms with Crippen molar-refractivity contribution in [1.29, 1.82) is 0 Å². The van der Waals surface area contributed by atoms with Crippen molar-refractivity contribution in [3.05, 3.63) is 29.6 Å². The average molecular weight is 398 g/mol. The zero-order chi connectivity index (χ0) is 20.0. The van der Waals surface area contributed by atoms with E-state index in [1.54, 1.807) is 20.8 Å². The largest absolute Gasteiger partial charge is 0.573 e. The Morgan fingerprint density at radius 2 is 1.54 bits per heavy atom. The van der Waals surface area contributed by atoms with Gasteiger partial charge >= 0.3 is 6.36 Å². The smallest absolute Gasteiger partial charge is 0.403 e. The number of unbranched alkanes of at least 4 members (excludes halogenated alkanes) is 4. The minimum absolute atomic E-state index is 0.159. The molecule has 150 valence electrons. The summed E-state index contributed by atoms with van der Waals surface area (Å²) in [6.45, 7) is 5.05. The van der Waals surface area contributed by atoms with Gasteiger partial charge in [-0.25, -0.2) is 12.8 Å². The van der Waals surface area contributed by atoms with Crippen LogP contribution in [0.25, 0.3) is 0 Å². The molecule has 0 aliphatic rings. The Morgan fingerprint density at radius 1 is 0.962 bits per heavy atom. The van der Waals surface area contributed by atoms with Gasteiger partial charge < -0.3 is 4.74 Å². The van der Waals surface area contributed by atoms with Crippen LogP contribution in [-0.2, 0) is 16.3 Å². The average Bonchev–Trinajstić information content (AvgIpc) is 2.46. The van der Waals surface area contributed by atoms with Gasteiger partial charge in [-0.05, 0) is 57.7 Å². The summed E-state index contributed by atoms with van der Waals surface area (Å²) in [5, 5.41) is 0.